The van der Waals surface area contributed by atoms with Crippen LogP contribution in [0.2, 0.25) is 0 Å². The highest BCUT2D eigenvalue weighted by Crippen LogP contribution is 2.21. The number of hydrogen-bond donors (Lipinski definition) is 0. The Kier molecular flexibility index (Phi) is 28.7. The molecule has 0 fully saturated rings. The Balaban J connectivity index is 1.67. The van der Waals surface area contributed by atoms with Crippen molar-refractivity contribution in [2.75, 3.05) is 0 Å². The van der Waals surface area contributed by atoms with Crippen molar-refractivity contribution in [3.05, 3.63) is 65.5 Å². The van der Waals surface area contributed by atoms with Gasteiger partial charge in [-0.05, 0) is 31.2 Å². The summed E-state index contributed by atoms with van der Waals surface area (Å²) in [4.78, 5) is 0. The lowest BCUT2D eigenvalue weighted by Crippen LogP contribution is -2.40. The first kappa shape index (κ1) is 43.5. The minimum absolute atomic E-state index is 0.431. The Morgan fingerprint density at radius 2 is 0.735 bits per heavy atom. The van der Waals surface area contributed by atoms with Crippen LogP contribution in [0.4, 0.5) is 0 Å². The van der Waals surface area contributed by atoms with Gasteiger partial charge in [-0.1, -0.05) is 231 Å². The van der Waals surface area contributed by atoms with Crippen molar-refractivity contribution >= 4 is 0 Å². The van der Waals surface area contributed by atoms with Crippen molar-refractivity contribution in [3.63, 3.8) is 0 Å². The molecule has 1 heterocycles. The van der Waals surface area contributed by atoms with Gasteiger partial charge in [-0.2, -0.15) is 4.57 Å². The molecule has 1 aromatic heterocycles. The number of pyridine rings is 1. The van der Waals surface area contributed by atoms with Gasteiger partial charge in [0.05, 0.1) is 0 Å². The molecule has 2 rings (SSSR count). The van der Waals surface area contributed by atoms with E-state index in [1.54, 1.807) is 11.1 Å². The molecule has 0 bridgehead atoms. The van der Waals surface area contributed by atoms with E-state index in [4.69, 9.17) is 0 Å². The number of rotatable bonds is 35. The molecule has 1 heteroatoms. The summed E-state index contributed by atoms with van der Waals surface area (Å²) in [7, 11) is 0. The van der Waals surface area contributed by atoms with Gasteiger partial charge < -0.3 is 0 Å². The first-order chi connectivity index (χ1) is 24.3. The lowest BCUT2D eigenvalue weighted by Gasteiger charge is -2.14. The molecule has 1 aromatic carbocycles. The second-order valence-electron chi connectivity index (χ2n) is 15.7. The van der Waals surface area contributed by atoms with Crippen LogP contribution in [0.25, 0.3) is 0 Å². The SMILES string of the molecule is CCCCCCCCCCCCCCCCCc1cc[n+](C(CC)c2ccccc2)cc1CCCCCCCCCCCCCCCCC. The summed E-state index contributed by atoms with van der Waals surface area (Å²) in [6.45, 7) is 6.96. The third kappa shape index (κ3) is 22.7. The second kappa shape index (κ2) is 32.3. The predicted octanol–water partition coefficient (Wildman–Crippen LogP) is 15.8. The van der Waals surface area contributed by atoms with E-state index in [0.29, 0.717) is 6.04 Å². The van der Waals surface area contributed by atoms with E-state index in [2.05, 4.69) is 74.1 Å². The predicted molar refractivity (Wildman–Crippen MR) is 219 cm³/mol. The summed E-state index contributed by atoms with van der Waals surface area (Å²) in [5.74, 6) is 0. The number of aryl methyl sites for hydroxylation is 2. The molecule has 280 valence electrons. The highest BCUT2D eigenvalue weighted by molar-refractivity contribution is 5.23. The van der Waals surface area contributed by atoms with Gasteiger partial charge in [0.2, 0.25) is 0 Å². The van der Waals surface area contributed by atoms with Crippen LogP contribution in [0.3, 0.4) is 0 Å². The molecule has 0 amide bonds. The Morgan fingerprint density at radius 3 is 1.10 bits per heavy atom. The van der Waals surface area contributed by atoms with Crippen molar-refractivity contribution in [1.82, 2.24) is 0 Å². The smallest absolute Gasteiger partial charge is 0.183 e. The number of unbranched alkanes of at least 4 members (excludes halogenated alkanes) is 28. The Hall–Kier alpha value is -1.63. The van der Waals surface area contributed by atoms with Gasteiger partial charge in [-0.15, -0.1) is 0 Å². The van der Waals surface area contributed by atoms with Crippen LogP contribution >= 0.6 is 0 Å². The average Bonchev–Trinajstić information content (AvgIpc) is 3.13. The van der Waals surface area contributed by atoms with Crippen LogP contribution < -0.4 is 4.57 Å². The first-order valence-corrected chi connectivity index (χ1v) is 22.4. The van der Waals surface area contributed by atoms with Crippen molar-refractivity contribution in [1.29, 1.82) is 0 Å². The van der Waals surface area contributed by atoms with Crippen LogP contribution in [0.1, 0.15) is 243 Å². The van der Waals surface area contributed by atoms with Gasteiger partial charge in [0.25, 0.3) is 0 Å². The molecule has 0 saturated carbocycles. The molecule has 0 aliphatic heterocycles. The average molecular weight is 675 g/mol. The minimum Gasteiger partial charge on any atom is -0.198 e. The van der Waals surface area contributed by atoms with Gasteiger partial charge in [0.15, 0.2) is 18.4 Å². The summed E-state index contributed by atoms with van der Waals surface area (Å²) in [5, 5.41) is 0. The zero-order valence-corrected chi connectivity index (χ0v) is 33.5. The van der Waals surface area contributed by atoms with Crippen LogP contribution in [0, 0.1) is 0 Å². The number of hydrogen-bond acceptors (Lipinski definition) is 0. The molecule has 1 unspecified atom stereocenters. The fourth-order valence-electron chi connectivity index (χ4n) is 7.92. The standard InChI is InChI=1S/C48H84N/c1-4-7-9-11-13-15-17-19-21-23-25-27-29-31-34-38-45-42-43-49(48(6-3)46-39-36-33-37-40-46)44-47(45)41-35-32-30-28-26-24-22-20-18-16-14-12-10-8-5-2/h33,36-37,39-40,42-44,48H,4-32,34-35,38,41H2,1-3H3/q+1. The first-order valence-electron chi connectivity index (χ1n) is 22.4. The van der Waals surface area contributed by atoms with Gasteiger partial charge >= 0.3 is 0 Å². The molecule has 2 aromatic rings. The maximum Gasteiger partial charge on any atom is 0.183 e. The van der Waals surface area contributed by atoms with Gasteiger partial charge in [0.1, 0.15) is 0 Å². The molecule has 0 saturated heterocycles. The molecule has 49 heavy (non-hydrogen) atoms. The van der Waals surface area contributed by atoms with Crippen molar-refractivity contribution < 1.29 is 4.57 Å². The molecule has 1 nitrogen and oxygen atoms in total. The van der Waals surface area contributed by atoms with Crippen LogP contribution in [-0.2, 0) is 12.8 Å². The fraction of sp³-hybridized carbons (Fsp3) is 0.771. The maximum absolute atomic E-state index is 2.53. The normalized spacial score (nSPS) is 12.1. The molecular weight excluding hydrogens is 591 g/mol. The van der Waals surface area contributed by atoms with E-state index in [0.717, 1.165) is 6.42 Å². The Morgan fingerprint density at radius 1 is 0.388 bits per heavy atom. The van der Waals surface area contributed by atoms with E-state index in [9.17, 15) is 0 Å². The quantitative estimate of drug-likeness (QED) is 0.0506. The third-order valence-electron chi connectivity index (χ3n) is 11.2. The fourth-order valence-corrected chi connectivity index (χ4v) is 7.92. The summed E-state index contributed by atoms with van der Waals surface area (Å²) in [6.07, 6.45) is 51.6. The van der Waals surface area contributed by atoms with Gasteiger partial charge in [-0.3, -0.25) is 0 Å². The van der Waals surface area contributed by atoms with Gasteiger partial charge in [-0.25, -0.2) is 0 Å². The number of benzene rings is 1. The highest BCUT2D eigenvalue weighted by Gasteiger charge is 2.20. The third-order valence-corrected chi connectivity index (χ3v) is 11.2. The monoisotopic (exact) mass is 675 g/mol. The molecule has 1 atom stereocenters. The molecule has 0 radical (unpaired) electrons. The lowest BCUT2D eigenvalue weighted by molar-refractivity contribution is -0.714. The number of aromatic nitrogens is 1. The Labute approximate surface area is 307 Å². The largest absolute Gasteiger partial charge is 0.198 e. The molecular formula is C48H84N+. The highest BCUT2D eigenvalue weighted by atomic mass is 15.0. The van der Waals surface area contributed by atoms with Crippen LogP contribution in [0.5, 0.6) is 0 Å². The van der Waals surface area contributed by atoms with E-state index in [-0.39, 0.29) is 0 Å². The van der Waals surface area contributed by atoms with Crippen LogP contribution in [-0.4, -0.2) is 0 Å². The summed E-state index contributed by atoms with van der Waals surface area (Å²) in [5.41, 5.74) is 4.68. The maximum atomic E-state index is 2.53. The number of nitrogens with zero attached hydrogens (tertiary/aromatic N) is 1. The second-order valence-corrected chi connectivity index (χ2v) is 15.7. The Bertz CT molecular complexity index is 964. The van der Waals surface area contributed by atoms with Crippen molar-refractivity contribution in [3.8, 4) is 0 Å². The lowest BCUT2D eigenvalue weighted by atomic mass is 9.96. The van der Waals surface area contributed by atoms with E-state index >= 15 is 0 Å². The molecule has 0 aliphatic rings. The molecule has 0 N–H and O–H groups in total. The minimum atomic E-state index is 0.431. The van der Waals surface area contributed by atoms with Crippen molar-refractivity contribution in [2.45, 2.75) is 239 Å². The zero-order chi connectivity index (χ0) is 34.9. The van der Waals surface area contributed by atoms with E-state index in [1.807, 2.05) is 0 Å². The molecule has 0 aliphatic carbocycles. The summed E-state index contributed by atoms with van der Waals surface area (Å²) < 4.78 is 2.52. The van der Waals surface area contributed by atoms with E-state index < -0.39 is 0 Å². The van der Waals surface area contributed by atoms with Gasteiger partial charge in [0, 0.05) is 23.6 Å². The summed E-state index contributed by atoms with van der Waals surface area (Å²) in [6, 6.07) is 14.1. The topological polar surface area (TPSA) is 3.88 Å². The van der Waals surface area contributed by atoms with Crippen molar-refractivity contribution in [2.24, 2.45) is 0 Å². The summed E-state index contributed by atoms with van der Waals surface area (Å²) >= 11 is 0. The zero-order valence-electron chi connectivity index (χ0n) is 33.5. The van der Waals surface area contributed by atoms with Crippen LogP contribution in [0.15, 0.2) is 48.8 Å². The van der Waals surface area contributed by atoms with E-state index in [1.165, 1.54) is 211 Å². The molecule has 0 spiro atoms.